The molecule has 0 aromatic heterocycles. The summed E-state index contributed by atoms with van der Waals surface area (Å²) in [5.41, 5.74) is 0. The minimum atomic E-state index is 0.668. The van der Waals surface area contributed by atoms with Gasteiger partial charge in [-0.1, -0.05) is 6.92 Å². The monoisotopic (exact) mass is 185 g/mol. The zero-order valence-corrected chi connectivity index (χ0v) is 9.38. The lowest BCUT2D eigenvalue weighted by molar-refractivity contribution is 0.115. The summed E-state index contributed by atoms with van der Waals surface area (Å²) in [4.78, 5) is 4.86. The molecule has 1 aliphatic heterocycles. The number of rotatable bonds is 3. The standard InChI is InChI=1S/C10H23N3/c1-5-13-7-9(11-2)6-10(8-13)12(3)4/h9-11H,5-8H2,1-4H3. The number of nitrogens with zero attached hydrogens (tertiary/aromatic N) is 2. The zero-order chi connectivity index (χ0) is 9.84. The highest BCUT2D eigenvalue weighted by Gasteiger charge is 2.26. The summed E-state index contributed by atoms with van der Waals surface area (Å²) in [6.45, 7) is 5.84. The minimum absolute atomic E-state index is 0.668. The molecule has 0 aromatic rings. The van der Waals surface area contributed by atoms with E-state index in [-0.39, 0.29) is 0 Å². The van der Waals surface area contributed by atoms with Crippen molar-refractivity contribution in [2.45, 2.75) is 25.4 Å². The van der Waals surface area contributed by atoms with Crippen LogP contribution in [-0.4, -0.2) is 62.7 Å². The summed E-state index contributed by atoms with van der Waals surface area (Å²) in [5.74, 6) is 0. The molecule has 1 saturated heterocycles. The van der Waals surface area contributed by atoms with Gasteiger partial charge in [0, 0.05) is 25.2 Å². The van der Waals surface area contributed by atoms with E-state index in [2.05, 4.69) is 43.2 Å². The molecule has 0 saturated carbocycles. The van der Waals surface area contributed by atoms with Gasteiger partial charge in [0.05, 0.1) is 0 Å². The fourth-order valence-corrected chi connectivity index (χ4v) is 2.00. The van der Waals surface area contributed by atoms with Crippen molar-refractivity contribution in [2.24, 2.45) is 0 Å². The van der Waals surface area contributed by atoms with E-state index >= 15 is 0 Å². The van der Waals surface area contributed by atoms with Crippen molar-refractivity contribution in [1.29, 1.82) is 0 Å². The second kappa shape index (κ2) is 4.94. The van der Waals surface area contributed by atoms with Gasteiger partial charge >= 0.3 is 0 Å². The molecule has 0 aromatic carbocycles. The maximum atomic E-state index is 3.38. The molecule has 1 aliphatic rings. The van der Waals surface area contributed by atoms with E-state index < -0.39 is 0 Å². The normalized spacial score (nSPS) is 31.2. The second-order valence-electron chi connectivity index (χ2n) is 4.19. The molecule has 13 heavy (non-hydrogen) atoms. The van der Waals surface area contributed by atoms with E-state index in [0.717, 1.165) is 0 Å². The van der Waals surface area contributed by atoms with Gasteiger partial charge in [0.2, 0.25) is 0 Å². The lowest BCUT2D eigenvalue weighted by atomic mass is 10.0. The first-order valence-corrected chi connectivity index (χ1v) is 5.23. The fourth-order valence-electron chi connectivity index (χ4n) is 2.00. The number of likely N-dealkylation sites (N-methyl/N-ethyl adjacent to an activating group) is 3. The predicted molar refractivity (Wildman–Crippen MR) is 57.1 cm³/mol. The van der Waals surface area contributed by atoms with Gasteiger partial charge < -0.3 is 15.1 Å². The van der Waals surface area contributed by atoms with E-state index in [9.17, 15) is 0 Å². The van der Waals surface area contributed by atoms with Crippen LogP contribution in [0.25, 0.3) is 0 Å². The molecule has 0 aliphatic carbocycles. The highest BCUT2D eigenvalue weighted by Crippen LogP contribution is 2.13. The first-order valence-electron chi connectivity index (χ1n) is 5.23. The van der Waals surface area contributed by atoms with E-state index in [0.29, 0.717) is 12.1 Å². The van der Waals surface area contributed by atoms with Crippen LogP contribution in [0.4, 0.5) is 0 Å². The summed E-state index contributed by atoms with van der Waals surface area (Å²) in [7, 11) is 6.42. The number of hydrogen-bond acceptors (Lipinski definition) is 3. The number of hydrogen-bond donors (Lipinski definition) is 1. The van der Waals surface area contributed by atoms with Gasteiger partial charge in [-0.2, -0.15) is 0 Å². The van der Waals surface area contributed by atoms with Gasteiger partial charge in [0.1, 0.15) is 0 Å². The molecular formula is C10H23N3. The average Bonchev–Trinajstić information content (AvgIpc) is 2.16. The van der Waals surface area contributed by atoms with Crippen LogP contribution >= 0.6 is 0 Å². The molecule has 78 valence electrons. The fraction of sp³-hybridized carbons (Fsp3) is 1.00. The van der Waals surface area contributed by atoms with Crippen LogP contribution in [0.5, 0.6) is 0 Å². The Bertz CT molecular complexity index is 135. The molecule has 0 radical (unpaired) electrons. The molecule has 2 atom stereocenters. The Morgan fingerprint density at radius 1 is 1.38 bits per heavy atom. The zero-order valence-electron chi connectivity index (χ0n) is 9.38. The van der Waals surface area contributed by atoms with Crippen LogP contribution in [0.2, 0.25) is 0 Å². The van der Waals surface area contributed by atoms with Crippen molar-refractivity contribution in [2.75, 3.05) is 40.8 Å². The maximum Gasteiger partial charge on any atom is 0.0232 e. The van der Waals surface area contributed by atoms with Crippen molar-refractivity contribution in [3.05, 3.63) is 0 Å². The minimum Gasteiger partial charge on any atom is -0.316 e. The highest BCUT2D eigenvalue weighted by molar-refractivity contribution is 4.85. The Labute approximate surface area is 82.1 Å². The van der Waals surface area contributed by atoms with Crippen LogP contribution in [0.15, 0.2) is 0 Å². The van der Waals surface area contributed by atoms with Gasteiger partial charge in [0.25, 0.3) is 0 Å². The van der Waals surface area contributed by atoms with Gasteiger partial charge in [0.15, 0.2) is 0 Å². The number of likely N-dealkylation sites (tertiary alicyclic amines) is 1. The average molecular weight is 185 g/mol. The van der Waals surface area contributed by atoms with Gasteiger partial charge in [-0.15, -0.1) is 0 Å². The molecule has 0 amide bonds. The van der Waals surface area contributed by atoms with Crippen LogP contribution < -0.4 is 5.32 Å². The second-order valence-corrected chi connectivity index (χ2v) is 4.19. The van der Waals surface area contributed by atoms with Crippen molar-refractivity contribution in [3.63, 3.8) is 0 Å². The summed E-state index contributed by atoms with van der Waals surface area (Å²) in [6, 6.07) is 1.38. The maximum absolute atomic E-state index is 3.38. The van der Waals surface area contributed by atoms with Crippen LogP contribution in [0.3, 0.4) is 0 Å². The number of piperidine rings is 1. The molecule has 1 fully saturated rings. The Hall–Kier alpha value is -0.120. The lowest BCUT2D eigenvalue weighted by Gasteiger charge is -2.40. The van der Waals surface area contributed by atoms with Crippen molar-refractivity contribution < 1.29 is 0 Å². The lowest BCUT2D eigenvalue weighted by Crippen LogP contribution is -2.54. The highest BCUT2D eigenvalue weighted by atomic mass is 15.2. The largest absolute Gasteiger partial charge is 0.316 e. The summed E-state index contributed by atoms with van der Waals surface area (Å²) >= 11 is 0. The Morgan fingerprint density at radius 2 is 2.08 bits per heavy atom. The third-order valence-electron chi connectivity index (χ3n) is 3.09. The summed E-state index contributed by atoms with van der Waals surface area (Å²) in [6.07, 6.45) is 1.28. The van der Waals surface area contributed by atoms with Crippen molar-refractivity contribution in [3.8, 4) is 0 Å². The predicted octanol–water partition coefficient (Wildman–Crippen LogP) is 0.230. The van der Waals surface area contributed by atoms with Crippen LogP contribution in [0.1, 0.15) is 13.3 Å². The van der Waals surface area contributed by atoms with Gasteiger partial charge in [-0.05, 0) is 34.1 Å². The molecule has 3 nitrogen and oxygen atoms in total. The Balaban J connectivity index is 2.49. The summed E-state index contributed by atoms with van der Waals surface area (Å²) in [5, 5.41) is 3.38. The quantitative estimate of drug-likeness (QED) is 0.679. The smallest absolute Gasteiger partial charge is 0.0232 e. The molecule has 3 heteroatoms. The topological polar surface area (TPSA) is 18.5 Å². The van der Waals surface area contributed by atoms with E-state index in [1.165, 1.54) is 26.1 Å². The Morgan fingerprint density at radius 3 is 2.54 bits per heavy atom. The van der Waals surface area contributed by atoms with E-state index in [1.807, 2.05) is 0 Å². The van der Waals surface area contributed by atoms with E-state index in [1.54, 1.807) is 0 Å². The Kier molecular flexibility index (Phi) is 4.16. The molecule has 1 N–H and O–H groups in total. The molecule has 0 bridgehead atoms. The van der Waals surface area contributed by atoms with Crippen LogP contribution in [0, 0.1) is 0 Å². The first-order chi connectivity index (χ1) is 6.17. The van der Waals surface area contributed by atoms with Gasteiger partial charge in [-0.25, -0.2) is 0 Å². The molecule has 1 heterocycles. The SMILES string of the molecule is CCN1CC(NC)CC(N(C)C)C1. The third kappa shape index (κ3) is 2.93. The van der Waals surface area contributed by atoms with Gasteiger partial charge in [-0.3, -0.25) is 0 Å². The molecule has 0 spiro atoms. The third-order valence-corrected chi connectivity index (χ3v) is 3.09. The first kappa shape index (κ1) is 11.0. The molecular weight excluding hydrogens is 162 g/mol. The van der Waals surface area contributed by atoms with Crippen LogP contribution in [-0.2, 0) is 0 Å². The summed E-state index contributed by atoms with van der Waals surface area (Å²) < 4.78 is 0. The van der Waals surface area contributed by atoms with E-state index in [4.69, 9.17) is 0 Å². The van der Waals surface area contributed by atoms with Crippen molar-refractivity contribution >= 4 is 0 Å². The number of nitrogens with one attached hydrogen (secondary N) is 1. The molecule has 1 rings (SSSR count). The molecule has 2 unspecified atom stereocenters. The van der Waals surface area contributed by atoms with Crippen molar-refractivity contribution in [1.82, 2.24) is 15.1 Å².